The molecule has 0 aliphatic carbocycles. The first kappa shape index (κ1) is 41.3. The summed E-state index contributed by atoms with van der Waals surface area (Å²) in [7, 11) is 2.55. The summed E-state index contributed by atoms with van der Waals surface area (Å²) in [5.41, 5.74) is 5.84. The van der Waals surface area contributed by atoms with Gasteiger partial charge in [0, 0.05) is 13.1 Å². The zero-order chi connectivity index (χ0) is 43.0. The zero-order valence-corrected chi connectivity index (χ0v) is 34.5. The molecular weight excluding hydrogens is 789 g/mol. The highest BCUT2D eigenvalue weighted by Gasteiger charge is 2.38. The third-order valence-corrected chi connectivity index (χ3v) is 11.4. The lowest BCUT2D eigenvalue weighted by Gasteiger charge is -2.28. The number of rotatable bonds is 13. The van der Waals surface area contributed by atoms with Gasteiger partial charge in [0.2, 0.25) is 0 Å². The Bertz CT molecular complexity index is 2300. The van der Waals surface area contributed by atoms with E-state index in [1.165, 1.54) is 14.2 Å². The average molecular weight is 837 g/mol. The van der Waals surface area contributed by atoms with Crippen LogP contribution in [0.3, 0.4) is 0 Å². The number of nitrogens with one attached hydrogen (secondary N) is 4. The molecule has 0 spiro atoms. The number of hydrogen-bond acceptors (Lipinski definition) is 9. The van der Waals surface area contributed by atoms with Crippen LogP contribution in [0.4, 0.5) is 9.59 Å². The zero-order valence-electron chi connectivity index (χ0n) is 34.5. The van der Waals surface area contributed by atoms with Gasteiger partial charge in [-0.25, -0.2) is 19.6 Å². The smallest absolute Gasteiger partial charge is 0.407 e. The summed E-state index contributed by atoms with van der Waals surface area (Å²) in [6.07, 6.45) is 5.31. The normalized spacial score (nSPS) is 16.9. The van der Waals surface area contributed by atoms with Crippen LogP contribution in [0.2, 0.25) is 0 Å². The first-order chi connectivity index (χ1) is 30.3. The second-order valence-corrected chi connectivity index (χ2v) is 15.2. The molecule has 0 saturated carbocycles. The molecule has 15 nitrogen and oxygen atoms in total. The predicted octanol–water partition coefficient (Wildman–Crippen LogP) is 7.57. The quantitative estimate of drug-likeness (QED) is 0.0912. The molecule has 62 heavy (non-hydrogen) atoms. The van der Waals surface area contributed by atoms with Crippen molar-refractivity contribution in [3.05, 3.63) is 150 Å². The minimum absolute atomic E-state index is 0.219. The molecule has 4 amide bonds. The van der Waals surface area contributed by atoms with E-state index in [9.17, 15) is 19.2 Å². The Kier molecular flexibility index (Phi) is 12.6. The van der Waals surface area contributed by atoms with Crippen LogP contribution >= 0.6 is 0 Å². The molecule has 4 N–H and O–H groups in total. The summed E-state index contributed by atoms with van der Waals surface area (Å²) in [4.78, 5) is 71.9. The highest BCUT2D eigenvalue weighted by molar-refractivity contribution is 5.88. The molecule has 0 unspecified atom stereocenters. The molecule has 6 aromatic rings. The monoisotopic (exact) mass is 836 g/mol. The number of imidazole rings is 2. The van der Waals surface area contributed by atoms with Crippen molar-refractivity contribution in [2.75, 3.05) is 27.3 Å². The lowest BCUT2D eigenvalue weighted by Crippen LogP contribution is -2.42. The van der Waals surface area contributed by atoms with Gasteiger partial charge in [0.15, 0.2) is 0 Å². The van der Waals surface area contributed by atoms with Crippen LogP contribution in [0.5, 0.6) is 5.75 Å². The van der Waals surface area contributed by atoms with Crippen molar-refractivity contribution < 1.29 is 33.4 Å². The maximum Gasteiger partial charge on any atom is 0.407 e. The summed E-state index contributed by atoms with van der Waals surface area (Å²) in [5.74, 6) is 1.64. The number of alkyl carbamates (subject to hydrolysis) is 2. The van der Waals surface area contributed by atoms with E-state index in [0.29, 0.717) is 48.2 Å². The molecule has 4 atom stereocenters. The summed E-state index contributed by atoms with van der Waals surface area (Å²) in [6.45, 7) is 1.46. The second-order valence-electron chi connectivity index (χ2n) is 15.2. The van der Waals surface area contributed by atoms with Crippen molar-refractivity contribution in [2.24, 2.45) is 0 Å². The molecule has 4 heterocycles. The summed E-state index contributed by atoms with van der Waals surface area (Å²) < 4.78 is 15.8. The number of aromatic amines is 2. The Labute approximate surface area is 358 Å². The van der Waals surface area contributed by atoms with E-state index in [-0.39, 0.29) is 23.9 Å². The van der Waals surface area contributed by atoms with Gasteiger partial charge in [-0.3, -0.25) is 9.59 Å². The fraction of sp³-hybridized carbons (Fsp3) is 0.277. The fourth-order valence-corrected chi connectivity index (χ4v) is 8.16. The number of methoxy groups -OCH3 is 2. The van der Waals surface area contributed by atoms with E-state index >= 15 is 0 Å². The van der Waals surface area contributed by atoms with E-state index in [1.807, 2.05) is 109 Å². The minimum Gasteiger partial charge on any atom is -0.489 e. The van der Waals surface area contributed by atoms with Crippen LogP contribution in [0.15, 0.2) is 122 Å². The number of carbonyl (C=O) groups is 4. The van der Waals surface area contributed by atoms with Gasteiger partial charge < -0.3 is 44.6 Å². The Morgan fingerprint density at radius 2 is 1.06 bits per heavy atom. The van der Waals surface area contributed by atoms with Gasteiger partial charge in [-0.05, 0) is 77.8 Å². The largest absolute Gasteiger partial charge is 0.489 e. The average Bonchev–Trinajstić information content (AvgIpc) is 4.17. The van der Waals surface area contributed by atoms with E-state index < -0.39 is 24.3 Å². The Balaban J connectivity index is 0.870. The summed E-state index contributed by atoms with van der Waals surface area (Å²) in [5, 5.41) is 5.41. The Hall–Kier alpha value is -7.42. The SMILES string of the molecule is COC(=O)N[C@@H](C(=O)N1CCC[C@H]1c1ncc(-c2ccc(COc3ccc(-c4cnc([C@@H]5CCCN5C(=O)[C@H](NC(=O)OC)c5ccccc5)[nH]4)cc3)cc2)[nH]1)c1ccccc1. The topological polar surface area (TPSA) is 184 Å². The van der Waals surface area contributed by atoms with Crippen molar-refractivity contribution in [3.63, 3.8) is 0 Å². The highest BCUT2D eigenvalue weighted by Crippen LogP contribution is 2.36. The molecular formula is C47H48N8O7. The molecule has 318 valence electrons. The highest BCUT2D eigenvalue weighted by atomic mass is 16.5. The number of aromatic nitrogens is 4. The third kappa shape index (κ3) is 9.16. The van der Waals surface area contributed by atoms with Gasteiger partial charge in [-0.1, -0.05) is 84.9 Å². The Morgan fingerprint density at radius 3 is 1.50 bits per heavy atom. The summed E-state index contributed by atoms with van der Waals surface area (Å²) in [6, 6.07) is 31.8. The van der Waals surface area contributed by atoms with Gasteiger partial charge in [0.25, 0.3) is 11.8 Å². The molecule has 4 aromatic carbocycles. The van der Waals surface area contributed by atoms with Crippen molar-refractivity contribution in [1.29, 1.82) is 0 Å². The van der Waals surface area contributed by atoms with E-state index in [0.717, 1.165) is 53.8 Å². The fourth-order valence-electron chi connectivity index (χ4n) is 8.16. The number of nitrogens with zero attached hydrogens (tertiary/aromatic N) is 4. The maximum absolute atomic E-state index is 13.9. The molecule has 2 fully saturated rings. The molecule has 2 aliphatic heterocycles. The molecule has 2 saturated heterocycles. The standard InChI is InChI=1S/C47H48N8O7/c1-60-46(58)52-40(33-11-5-3-6-12-33)44(56)54-25-9-15-38(54)42-48-27-36(50-42)31-19-17-30(18-20-31)29-62-35-23-21-32(22-24-35)37-28-49-43(51-37)39-16-10-26-55(39)45(57)41(53-47(59)61-2)34-13-7-4-8-14-34/h3-8,11-14,17-24,27-28,38-41H,9-10,15-16,25-26,29H2,1-2H3,(H,48,50)(H,49,51)(H,52,58)(H,53,59)/t38-,39-,40+,41+/m0/s1. The van der Waals surface area contributed by atoms with Crippen molar-refractivity contribution in [2.45, 2.75) is 56.5 Å². The van der Waals surface area contributed by atoms with Crippen LogP contribution in [0.1, 0.15) is 78.2 Å². The van der Waals surface area contributed by atoms with Gasteiger partial charge in [0.1, 0.15) is 36.1 Å². The maximum atomic E-state index is 13.9. The summed E-state index contributed by atoms with van der Waals surface area (Å²) >= 11 is 0. The molecule has 2 aromatic heterocycles. The molecule has 8 rings (SSSR count). The minimum atomic E-state index is -0.887. The van der Waals surface area contributed by atoms with E-state index in [2.05, 4.69) is 30.6 Å². The van der Waals surface area contributed by atoms with Gasteiger partial charge in [-0.15, -0.1) is 0 Å². The first-order valence-electron chi connectivity index (χ1n) is 20.6. The van der Waals surface area contributed by atoms with Crippen LogP contribution in [0.25, 0.3) is 22.5 Å². The number of likely N-dealkylation sites (tertiary alicyclic amines) is 2. The van der Waals surface area contributed by atoms with Crippen molar-refractivity contribution in [3.8, 4) is 28.3 Å². The van der Waals surface area contributed by atoms with E-state index in [1.54, 1.807) is 22.2 Å². The lowest BCUT2D eigenvalue weighted by molar-refractivity contribution is -0.135. The number of amides is 4. The lowest BCUT2D eigenvalue weighted by atomic mass is 10.1. The van der Waals surface area contributed by atoms with Crippen molar-refractivity contribution >= 4 is 24.0 Å². The molecule has 0 radical (unpaired) electrons. The third-order valence-electron chi connectivity index (χ3n) is 11.4. The van der Waals surface area contributed by atoms with Gasteiger partial charge in [0.05, 0.1) is 50.1 Å². The van der Waals surface area contributed by atoms with Crippen LogP contribution in [0, 0.1) is 0 Å². The number of ether oxygens (including phenoxy) is 3. The number of benzene rings is 4. The number of hydrogen-bond donors (Lipinski definition) is 4. The number of H-pyrrole nitrogens is 2. The van der Waals surface area contributed by atoms with Crippen LogP contribution in [-0.2, 0) is 25.7 Å². The van der Waals surface area contributed by atoms with Crippen LogP contribution < -0.4 is 15.4 Å². The molecule has 15 heteroatoms. The molecule has 2 aliphatic rings. The van der Waals surface area contributed by atoms with Gasteiger partial charge in [-0.2, -0.15) is 0 Å². The van der Waals surface area contributed by atoms with Gasteiger partial charge >= 0.3 is 12.2 Å². The Morgan fingerprint density at radius 1 is 0.629 bits per heavy atom. The first-order valence-corrected chi connectivity index (χ1v) is 20.6. The van der Waals surface area contributed by atoms with Crippen molar-refractivity contribution in [1.82, 2.24) is 40.4 Å². The second kappa shape index (κ2) is 18.9. The van der Waals surface area contributed by atoms with Crippen LogP contribution in [-0.4, -0.2) is 81.0 Å². The predicted molar refractivity (Wildman–Crippen MR) is 229 cm³/mol. The number of carbonyl (C=O) groups excluding carboxylic acids is 4. The van der Waals surface area contributed by atoms with E-state index in [4.69, 9.17) is 14.2 Å². The molecule has 0 bridgehead atoms.